The van der Waals surface area contributed by atoms with E-state index in [2.05, 4.69) is 0 Å². The molecule has 1 aromatic rings. The molecule has 2 aliphatic rings. The zero-order valence-electron chi connectivity index (χ0n) is 8.39. The number of likely N-dealkylation sites (tertiary alicyclic amines) is 1. The van der Waals surface area contributed by atoms with E-state index >= 15 is 0 Å². The highest BCUT2D eigenvalue weighted by atomic mass is 32.1. The summed E-state index contributed by atoms with van der Waals surface area (Å²) in [6.45, 7) is 3.42. The first-order chi connectivity index (χ1) is 7.34. The molecule has 0 aromatic carbocycles. The van der Waals surface area contributed by atoms with Gasteiger partial charge in [0.05, 0.1) is 18.1 Å². The summed E-state index contributed by atoms with van der Waals surface area (Å²) in [5, 5.41) is 1.95. The van der Waals surface area contributed by atoms with Crippen LogP contribution in [0.1, 0.15) is 9.67 Å². The standard InChI is InChI=1S/C11H13NO2S/c13-11(10-2-1-3-15-10)12-4-8-6-14-7-9(8)5-12/h1-3,8-9H,4-7H2. The van der Waals surface area contributed by atoms with Crippen molar-refractivity contribution in [1.29, 1.82) is 0 Å². The maximum absolute atomic E-state index is 12.0. The zero-order valence-corrected chi connectivity index (χ0v) is 9.20. The van der Waals surface area contributed by atoms with Crippen LogP contribution in [0.25, 0.3) is 0 Å². The highest BCUT2D eigenvalue weighted by Gasteiger charge is 2.39. The molecule has 15 heavy (non-hydrogen) atoms. The lowest BCUT2D eigenvalue weighted by Crippen LogP contribution is -2.29. The lowest BCUT2D eigenvalue weighted by atomic mass is 10.0. The maximum Gasteiger partial charge on any atom is 0.263 e. The number of thiophene rings is 1. The monoisotopic (exact) mass is 223 g/mol. The van der Waals surface area contributed by atoms with Crippen LogP contribution in [0.2, 0.25) is 0 Å². The van der Waals surface area contributed by atoms with Crippen LogP contribution < -0.4 is 0 Å². The van der Waals surface area contributed by atoms with Crippen LogP contribution in [0.15, 0.2) is 17.5 Å². The lowest BCUT2D eigenvalue weighted by Gasteiger charge is -2.16. The molecule has 2 saturated heterocycles. The second kappa shape index (κ2) is 3.61. The Morgan fingerprint density at radius 3 is 2.73 bits per heavy atom. The Labute approximate surface area is 92.6 Å². The molecule has 80 valence electrons. The fourth-order valence-corrected chi connectivity index (χ4v) is 3.10. The molecular weight excluding hydrogens is 210 g/mol. The number of hydrogen-bond donors (Lipinski definition) is 0. The van der Waals surface area contributed by atoms with Gasteiger partial charge in [-0.2, -0.15) is 0 Å². The van der Waals surface area contributed by atoms with Gasteiger partial charge in [0.2, 0.25) is 0 Å². The summed E-state index contributed by atoms with van der Waals surface area (Å²) in [7, 11) is 0. The number of ether oxygens (including phenoxy) is 1. The van der Waals surface area contributed by atoms with Gasteiger partial charge in [-0.15, -0.1) is 11.3 Å². The van der Waals surface area contributed by atoms with Gasteiger partial charge in [-0.25, -0.2) is 0 Å². The van der Waals surface area contributed by atoms with Crippen LogP contribution in [-0.2, 0) is 4.74 Å². The Morgan fingerprint density at radius 1 is 1.40 bits per heavy atom. The van der Waals surface area contributed by atoms with E-state index in [4.69, 9.17) is 4.74 Å². The Hall–Kier alpha value is -0.870. The molecule has 0 saturated carbocycles. The number of hydrogen-bond acceptors (Lipinski definition) is 3. The van der Waals surface area contributed by atoms with E-state index in [0.717, 1.165) is 31.2 Å². The molecule has 3 nitrogen and oxygen atoms in total. The largest absolute Gasteiger partial charge is 0.381 e. The summed E-state index contributed by atoms with van der Waals surface area (Å²) < 4.78 is 5.39. The van der Waals surface area contributed by atoms with Gasteiger partial charge in [-0.1, -0.05) is 6.07 Å². The first-order valence-corrected chi connectivity index (χ1v) is 6.13. The SMILES string of the molecule is O=C(c1cccs1)N1CC2COCC2C1. The van der Waals surface area contributed by atoms with Gasteiger partial charge in [-0.05, 0) is 11.4 Å². The van der Waals surface area contributed by atoms with Gasteiger partial charge < -0.3 is 9.64 Å². The predicted octanol–water partition coefficient (Wildman–Crippen LogP) is 1.47. The highest BCUT2D eigenvalue weighted by Crippen LogP contribution is 2.30. The second-order valence-corrected chi connectivity index (χ2v) is 5.19. The molecule has 0 N–H and O–H groups in total. The smallest absolute Gasteiger partial charge is 0.263 e. The van der Waals surface area contributed by atoms with Crippen LogP contribution in [0, 0.1) is 11.8 Å². The molecular formula is C11H13NO2S. The average molecular weight is 223 g/mol. The molecule has 1 amide bonds. The lowest BCUT2D eigenvalue weighted by molar-refractivity contribution is 0.0756. The number of carbonyl (C=O) groups is 1. The molecule has 4 heteroatoms. The first kappa shape index (κ1) is 9.36. The van der Waals surface area contributed by atoms with Gasteiger partial charge >= 0.3 is 0 Å². The van der Waals surface area contributed by atoms with Crippen molar-refractivity contribution >= 4 is 17.2 Å². The summed E-state index contributed by atoms with van der Waals surface area (Å²) in [6.07, 6.45) is 0. The Balaban J connectivity index is 1.72. The number of nitrogens with zero attached hydrogens (tertiary/aromatic N) is 1. The van der Waals surface area contributed by atoms with E-state index in [0.29, 0.717) is 11.8 Å². The van der Waals surface area contributed by atoms with E-state index in [9.17, 15) is 4.79 Å². The summed E-state index contributed by atoms with van der Waals surface area (Å²) in [5.74, 6) is 1.35. The van der Waals surface area contributed by atoms with E-state index < -0.39 is 0 Å². The number of fused-ring (bicyclic) bond motifs is 1. The van der Waals surface area contributed by atoms with Crippen LogP contribution >= 0.6 is 11.3 Å². The van der Waals surface area contributed by atoms with E-state index in [1.165, 1.54) is 11.3 Å². The molecule has 3 rings (SSSR count). The summed E-state index contributed by atoms with van der Waals surface area (Å²) >= 11 is 1.52. The maximum atomic E-state index is 12.0. The van der Waals surface area contributed by atoms with Crippen LogP contribution in [0.4, 0.5) is 0 Å². The molecule has 0 radical (unpaired) electrons. The number of rotatable bonds is 1. The molecule has 1 aromatic heterocycles. The average Bonchev–Trinajstić information content (AvgIpc) is 2.92. The van der Waals surface area contributed by atoms with E-state index in [-0.39, 0.29) is 5.91 Å². The van der Waals surface area contributed by atoms with Crippen molar-refractivity contribution in [2.45, 2.75) is 0 Å². The van der Waals surface area contributed by atoms with E-state index in [1.54, 1.807) is 0 Å². The van der Waals surface area contributed by atoms with Crippen molar-refractivity contribution in [3.8, 4) is 0 Å². The molecule has 3 heterocycles. The number of amides is 1. The van der Waals surface area contributed by atoms with Crippen molar-refractivity contribution in [1.82, 2.24) is 4.90 Å². The van der Waals surface area contributed by atoms with Crippen LogP contribution in [0.3, 0.4) is 0 Å². The Bertz CT molecular complexity index is 351. The fraction of sp³-hybridized carbons (Fsp3) is 0.545. The predicted molar refractivity (Wildman–Crippen MR) is 58.0 cm³/mol. The van der Waals surface area contributed by atoms with Crippen molar-refractivity contribution in [2.75, 3.05) is 26.3 Å². The third-order valence-corrected chi connectivity index (χ3v) is 4.12. The van der Waals surface area contributed by atoms with Crippen LogP contribution in [-0.4, -0.2) is 37.1 Å². The van der Waals surface area contributed by atoms with Gasteiger partial charge in [-0.3, -0.25) is 4.79 Å². The fourth-order valence-electron chi connectivity index (χ4n) is 2.41. The summed E-state index contributed by atoms with van der Waals surface area (Å²) in [6, 6.07) is 3.83. The second-order valence-electron chi connectivity index (χ2n) is 4.25. The quantitative estimate of drug-likeness (QED) is 0.721. The first-order valence-electron chi connectivity index (χ1n) is 5.25. The molecule has 0 spiro atoms. The van der Waals surface area contributed by atoms with Gasteiger partial charge in [0.25, 0.3) is 5.91 Å². The molecule has 2 atom stereocenters. The van der Waals surface area contributed by atoms with Crippen molar-refractivity contribution in [3.63, 3.8) is 0 Å². The molecule has 2 fully saturated rings. The van der Waals surface area contributed by atoms with Crippen molar-refractivity contribution in [3.05, 3.63) is 22.4 Å². The van der Waals surface area contributed by atoms with Crippen molar-refractivity contribution in [2.24, 2.45) is 11.8 Å². The normalized spacial score (nSPS) is 29.5. The summed E-state index contributed by atoms with van der Waals surface area (Å²) in [5.41, 5.74) is 0. The molecule has 0 bridgehead atoms. The third kappa shape index (κ3) is 1.58. The van der Waals surface area contributed by atoms with Crippen LogP contribution in [0.5, 0.6) is 0 Å². The highest BCUT2D eigenvalue weighted by molar-refractivity contribution is 7.12. The van der Waals surface area contributed by atoms with Gasteiger partial charge in [0, 0.05) is 24.9 Å². The minimum atomic E-state index is 0.194. The third-order valence-electron chi connectivity index (χ3n) is 3.26. The Kier molecular flexibility index (Phi) is 2.25. The van der Waals surface area contributed by atoms with Crippen molar-refractivity contribution < 1.29 is 9.53 Å². The van der Waals surface area contributed by atoms with E-state index in [1.807, 2.05) is 22.4 Å². The molecule has 2 aliphatic heterocycles. The molecule has 2 unspecified atom stereocenters. The number of carbonyl (C=O) groups excluding carboxylic acids is 1. The van der Waals surface area contributed by atoms with Gasteiger partial charge in [0.15, 0.2) is 0 Å². The topological polar surface area (TPSA) is 29.5 Å². The minimum absolute atomic E-state index is 0.194. The minimum Gasteiger partial charge on any atom is -0.381 e. The molecule has 0 aliphatic carbocycles. The van der Waals surface area contributed by atoms with Gasteiger partial charge in [0.1, 0.15) is 0 Å². The zero-order chi connectivity index (χ0) is 10.3. The summed E-state index contributed by atoms with van der Waals surface area (Å²) in [4.78, 5) is 14.9. The Morgan fingerprint density at radius 2 is 2.13 bits per heavy atom.